The Morgan fingerprint density at radius 3 is 2.65 bits per heavy atom. The Morgan fingerprint density at radius 1 is 1.29 bits per heavy atom. The molecule has 0 aliphatic rings. The van der Waals surface area contributed by atoms with E-state index in [2.05, 4.69) is 5.32 Å². The average molecular weight is 247 g/mol. The van der Waals surface area contributed by atoms with Gasteiger partial charge in [-0.2, -0.15) is 11.3 Å². The van der Waals surface area contributed by atoms with Crippen molar-refractivity contribution < 1.29 is 9.90 Å². The van der Waals surface area contributed by atoms with Gasteiger partial charge in [-0.1, -0.05) is 30.3 Å². The highest BCUT2D eigenvalue weighted by molar-refractivity contribution is 7.07. The predicted molar refractivity (Wildman–Crippen MR) is 68.0 cm³/mol. The summed E-state index contributed by atoms with van der Waals surface area (Å²) in [5.74, 6) is -0.855. The maximum atomic E-state index is 11.2. The highest BCUT2D eigenvalue weighted by atomic mass is 32.1. The van der Waals surface area contributed by atoms with Crippen molar-refractivity contribution in [1.82, 2.24) is 5.32 Å². The van der Waals surface area contributed by atoms with Crippen LogP contribution in [0.2, 0.25) is 0 Å². The minimum Gasteiger partial charge on any atom is -0.480 e. The molecule has 0 aliphatic carbocycles. The zero-order valence-corrected chi connectivity index (χ0v) is 9.98. The second-order valence-corrected chi connectivity index (χ2v) is 4.47. The van der Waals surface area contributed by atoms with Crippen molar-refractivity contribution in [2.45, 2.75) is 12.6 Å². The summed E-state index contributed by atoms with van der Waals surface area (Å²) in [7, 11) is 0. The van der Waals surface area contributed by atoms with E-state index in [4.69, 9.17) is 0 Å². The van der Waals surface area contributed by atoms with Gasteiger partial charge < -0.3 is 5.11 Å². The van der Waals surface area contributed by atoms with Crippen molar-refractivity contribution in [2.24, 2.45) is 0 Å². The summed E-state index contributed by atoms with van der Waals surface area (Å²) in [6, 6.07) is 10.5. The number of nitrogens with one attached hydrogen (secondary N) is 1. The average Bonchev–Trinajstić information content (AvgIpc) is 2.83. The van der Waals surface area contributed by atoms with Gasteiger partial charge in [-0.3, -0.25) is 10.1 Å². The zero-order valence-electron chi connectivity index (χ0n) is 9.17. The van der Waals surface area contributed by atoms with Gasteiger partial charge in [0.05, 0.1) is 0 Å². The molecule has 1 atom stereocenters. The molecule has 1 unspecified atom stereocenters. The first-order chi connectivity index (χ1) is 8.27. The lowest BCUT2D eigenvalue weighted by atomic mass is 10.1. The number of hydrogen-bond donors (Lipinski definition) is 2. The fraction of sp³-hybridized carbons (Fsp3) is 0.154. The molecule has 4 heteroatoms. The maximum absolute atomic E-state index is 11.2. The third kappa shape index (κ3) is 3.15. The fourth-order valence-corrected chi connectivity index (χ4v) is 2.27. The first kappa shape index (κ1) is 11.8. The van der Waals surface area contributed by atoms with Crippen molar-refractivity contribution in [3.63, 3.8) is 0 Å². The van der Waals surface area contributed by atoms with Crippen LogP contribution in [0.4, 0.5) is 0 Å². The lowest BCUT2D eigenvalue weighted by Crippen LogP contribution is -2.27. The normalized spacial score (nSPS) is 12.2. The number of carboxylic acid groups (broad SMARTS) is 1. The molecule has 0 spiro atoms. The van der Waals surface area contributed by atoms with E-state index in [1.54, 1.807) is 11.3 Å². The Bertz CT molecular complexity index is 467. The first-order valence-corrected chi connectivity index (χ1v) is 6.24. The molecule has 17 heavy (non-hydrogen) atoms. The lowest BCUT2D eigenvalue weighted by Gasteiger charge is -2.14. The van der Waals surface area contributed by atoms with Crippen molar-refractivity contribution in [3.8, 4) is 0 Å². The SMILES string of the molecule is O=C(O)C(NCc1ccsc1)c1ccccc1. The number of thiophene rings is 1. The third-order valence-electron chi connectivity index (χ3n) is 2.47. The van der Waals surface area contributed by atoms with E-state index in [-0.39, 0.29) is 0 Å². The molecular weight excluding hydrogens is 234 g/mol. The van der Waals surface area contributed by atoms with Gasteiger partial charge in [0.1, 0.15) is 6.04 Å². The van der Waals surface area contributed by atoms with Crippen molar-refractivity contribution in [3.05, 3.63) is 58.3 Å². The van der Waals surface area contributed by atoms with Crippen LogP contribution in [0, 0.1) is 0 Å². The smallest absolute Gasteiger partial charge is 0.325 e. The largest absolute Gasteiger partial charge is 0.480 e. The van der Waals surface area contributed by atoms with Gasteiger partial charge in [0.2, 0.25) is 0 Å². The van der Waals surface area contributed by atoms with E-state index in [1.807, 2.05) is 47.2 Å². The molecule has 0 saturated heterocycles. The van der Waals surface area contributed by atoms with Crippen LogP contribution in [0.1, 0.15) is 17.2 Å². The molecule has 0 bridgehead atoms. The van der Waals surface area contributed by atoms with E-state index in [9.17, 15) is 9.90 Å². The minimum absolute atomic E-state index is 0.565. The summed E-state index contributed by atoms with van der Waals surface area (Å²) in [5.41, 5.74) is 1.88. The molecule has 2 aromatic rings. The molecule has 0 fully saturated rings. The van der Waals surface area contributed by atoms with E-state index in [0.29, 0.717) is 6.54 Å². The lowest BCUT2D eigenvalue weighted by molar-refractivity contribution is -0.139. The Morgan fingerprint density at radius 2 is 2.06 bits per heavy atom. The molecule has 0 amide bonds. The molecule has 0 saturated carbocycles. The summed E-state index contributed by atoms with van der Waals surface area (Å²) in [6.07, 6.45) is 0. The molecule has 2 rings (SSSR count). The van der Waals surface area contributed by atoms with Crippen molar-refractivity contribution in [2.75, 3.05) is 0 Å². The number of carboxylic acids is 1. The van der Waals surface area contributed by atoms with Crippen LogP contribution in [0.15, 0.2) is 47.2 Å². The Labute approximate surface area is 104 Å². The number of benzene rings is 1. The standard InChI is InChI=1S/C13H13NO2S/c15-13(16)12(11-4-2-1-3-5-11)14-8-10-6-7-17-9-10/h1-7,9,12,14H,8H2,(H,15,16). The van der Waals surface area contributed by atoms with Crippen LogP contribution in [0.5, 0.6) is 0 Å². The second kappa shape index (κ2) is 5.61. The summed E-state index contributed by atoms with van der Waals surface area (Å²) in [5, 5.41) is 16.2. The van der Waals surface area contributed by atoms with Crippen LogP contribution in [0.25, 0.3) is 0 Å². The van der Waals surface area contributed by atoms with Gasteiger partial charge in [0, 0.05) is 6.54 Å². The number of hydrogen-bond acceptors (Lipinski definition) is 3. The number of aliphatic carboxylic acids is 1. The fourth-order valence-electron chi connectivity index (χ4n) is 1.61. The molecule has 1 aromatic heterocycles. The topological polar surface area (TPSA) is 49.3 Å². The quantitative estimate of drug-likeness (QED) is 0.854. The maximum Gasteiger partial charge on any atom is 0.325 e. The van der Waals surface area contributed by atoms with Crippen LogP contribution in [-0.4, -0.2) is 11.1 Å². The number of carbonyl (C=O) groups is 1. The van der Waals surface area contributed by atoms with Crippen molar-refractivity contribution in [1.29, 1.82) is 0 Å². The summed E-state index contributed by atoms with van der Waals surface area (Å²) < 4.78 is 0. The Hall–Kier alpha value is -1.65. The highest BCUT2D eigenvalue weighted by Gasteiger charge is 2.18. The third-order valence-corrected chi connectivity index (χ3v) is 3.20. The van der Waals surface area contributed by atoms with Crippen LogP contribution in [0.3, 0.4) is 0 Å². The summed E-state index contributed by atoms with van der Waals surface area (Å²) in [6.45, 7) is 0.565. The van der Waals surface area contributed by atoms with Gasteiger partial charge in [-0.25, -0.2) is 0 Å². The van der Waals surface area contributed by atoms with Gasteiger partial charge in [0.15, 0.2) is 0 Å². The monoisotopic (exact) mass is 247 g/mol. The highest BCUT2D eigenvalue weighted by Crippen LogP contribution is 2.14. The molecule has 0 radical (unpaired) electrons. The van der Waals surface area contributed by atoms with E-state index in [0.717, 1.165) is 11.1 Å². The molecule has 1 aromatic carbocycles. The van der Waals surface area contributed by atoms with E-state index < -0.39 is 12.0 Å². The zero-order chi connectivity index (χ0) is 12.1. The van der Waals surface area contributed by atoms with Crippen LogP contribution < -0.4 is 5.32 Å². The van der Waals surface area contributed by atoms with Gasteiger partial charge in [0.25, 0.3) is 0 Å². The van der Waals surface area contributed by atoms with Gasteiger partial charge >= 0.3 is 5.97 Å². The van der Waals surface area contributed by atoms with E-state index in [1.165, 1.54) is 0 Å². The molecule has 3 nitrogen and oxygen atoms in total. The molecule has 88 valence electrons. The summed E-state index contributed by atoms with van der Waals surface area (Å²) >= 11 is 1.61. The molecular formula is C13H13NO2S. The molecule has 0 aliphatic heterocycles. The van der Waals surface area contributed by atoms with Gasteiger partial charge in [-0.15, -0.1) is 0 Å². The predicted octanol–water partition coefficient (Wildman–Crippen LogP) is 2.66. The summed E-state index contributed by atoms with van der Waals surface area (Å²) in [4.78, 5) is 11.2. The number of rotatable bonds is 5. The minimum atomic E-state index is -0.855. The van der Waals surface area contributed by atoms with E-state index >= 15 is 0 Å². The van der Waals surface area contributed by atoms with Crippen LogP contribution in [-0.2, 0) is 11.3 Å². The second-order valence-electron chi connectivity index (χ2n) is 3.69. The molecule has 1 heterocycles. The Balaban J connectivity index is 2.06. The first-order valence-electron chi connectivity index (χ1n) is 5.29. The van der Waals surface area contributed by atoms with Gasteiger partial charge in [-0.05, 0) is 28.0 Å². The Kier molecular flexibility index (Phi) is 3.90. The molecule has 2 N–H and O–H groups in total. The van der Waals surface area contributed by atoms with Crippen molar-refractivity contribution >= 4 is 17.3 Å². The van der Waals surface area contributed by atoms with Crippen LogP contribution >= 0.6 is 11.3 Å².